The number of carbonyl (C=O) groups excluding carboxylic acids is 2. The number of anilines is 6. The highest BCUT2D eigenvalue weighted by molar-refractivity contribution is 6.29. The minimum atomic E-state index is -0.555. The fourth-order valence-corrected chi connectivity index (χ4v) is 8.16. The molecule has 8 rings (SSSR count). The van der Waals surface area contributed by atoms with Crippen molar-refractivity contribution < 1.29 is 19.1 Å². The van der Waals surface area contributed by atoms with Crippen LogP contribution in [0.5, 0.6) is 0 Å². The number of aryl methyl sites for hydroxylation is 8. The quantitative estimate of drug-likeness (QED) is 0.145. The van der Waals surface area contributed by atoms with Crippen LogP contribution < -0.4 is 9.80 Å². The molecule has 6 aromatic rings. The molecule has 0 saturated carbocycles. The zero-order valence-corrected chi connectivity index (χ0v) is 33.1. The molecule has 2 aliphatic heterocycles. The molecule has 56 heavy (non-hydrogen) atoms. The average Bonchev–Trinajstić information content (AvgIpc) is 3.59. The van der Waals surface area contributed by atoms with Gasteiger partial charge in [0.25, 0.3) is 0 Å². The van der Waals surface area contributed by atoms with Crippen LogP contribution in [0, 0.1) is 55.4 Å². The number of benzene rings is 6. The largest absolute Gasteiger partial charge is 0.418 e. The molecule has 6 heteroatoms. The molecule has 6 aromatic carbocycles. The Hall–Kier alpha value is -6.66. The number of ether oxygens (including phenoxy) is 2. The Morgan fingerprint density at radius 3 is 0.786 bits per heavy atom. The molecule has 0 radical (unpaired) electrons. The minimum Gasteiger partial charge on any atom is -0.418 e. The molecule has 6 nitrogen and oxygen atoms in total. The van der Waals surface area contributed by atoms with Crippen molar-refractivity contribution in [3.8, 4) is 0 Å². The summed E-state index contributed by atoms with van der Waals surface area (Å²) >= 11 is 0. The summed E-state index contributed by atoms with van der Waals surface area (Å²) in [5.41, 5.74) is 17.0. The minimum absolute atomic E-state index is 0.152. The molecule has 0 atom stereocenters. The SMILES string of the molecule is Cc1cc(C)cc(N(c2ccc(C3=C4OC(=O)C(c5ccc(N(c6cc(C)cc(C)c6)c6cc(C)cc(C)c6)cc5)=C4OC3=O)cc2)c2cc(C)cc(C)c2)c1. The van der Waals surface area contributed by atoms with Crippen LogP contribution in [0.1, 0.15) is 55.6 Å². The van der Waals surface area contributed by atoms with E-state index in [0.29, 0.717) is 11.1 Å². The monoisotopic (exact) mass is 736 g/mol. The smallest absolute Gasteiger partial charge is 0.348 e. The summed E-state index contributed by atoms with van der Waals surface area (Å²) in [5, 5.41) is 0. The summed E-state index contributed by atoms with van der Waals surface area (Å²) in [4.78, 5) is 31.5. The maximum atomic E-state index is 13.5. The number of fused-ring (bicyclic) bond motifs is 1. The van der Waals surface area contributed by atoms with E-state index in [2.05, 4.69) is 138 Å². The molecule has 0 N–H and O–H groups in total. The van der Waals surface area contributed by atoms with Crippen LogP contribution in [-0.2, 0) is 19.1 Å². The summed E-state index contributed by atoms with van der Waals surface area (Å²) in [6.45, 7) is 16.8. The molecular weight excluding hydrogens is 693 g/mol. The molecule has 0 spiro atoms. The first-order valence-corrected chi connectivity index (χ1v) is 18.9. The standard InChI is InChI=1S/C50H44N2O4/c1-29-17-30(2)22-41(21-29)51(42-23-31(3)18-32(4)24-42)39-13-9-37(10-14-39)45-47-48(56-49(45)53)46(50(54)55-47)38-11-15-40(16-12-38)52(43-25-33(5)19-34(6)26-43)44-27-35(7)20-36(8)28-44/h9-28H,1-8H3. The predicted octanol–water partition coefficient (Wildman–Crippen LogP) is 12.3. The van der Waals surface area contributed by atoms with Gasteiger partial charge in [0.05, 0.1) is 0 Å². The normalized spacial score (nSPS) is 13.6. The second-order valence-corrected chi connectivity index (χ2v) is 15.3. The van der Waals surface area contributed by atoms with Gasteiger partial charge in [-0.25, -0.2) is 9.59 Å². The molecule has 0 bridgehead atoms. The first kappa shape index (κ1) is 36.3. The lowest BCUT2D eigenvalue weighted by Crippen LogP contribution is -2.11. The molecule has 0 amide bonds. The van der Waals surface area contributed by atoms with Crippen LogP contribution in [0.25, 0.3) is 11.1 Å². The van der Waals surface area contributed by atoms with E-state index >= 15 is 0 Å². The Balaban J connectivity index is 1.16. The van der Waals surface area contributed by atoms with Gasteiger partial charge < -0.3 is 19.3 Å². The molecule has 0 saturated heterocycles. The summed E-state index contributed by atoms with van der Waals surface area (Å²) in [6, 6.07) is 41.5. The van der Waals surface area contributed by atoms with E-state index in [4.69, 9.17) is 9.47 Å². The van der Waals surface area contributed by atoms with Crippen LogP contribution >= 0.6 is 0 Å². The highest BCUT2D eigenvalue weighted by Crippen LogP contribution is 2.45. The fourth-order valence-electron chi connectivity index (χ4n) is 8.16. The van der Waals surface area contributed by atoms with Crippen LogP contribution in [0.4, 0.5) is 34.1 Å². The Bertz CT molecular complexity index is 2280. The lowest BCUT2D eigenvalue weighted by molar-refractivity contribution is -0.131. The van der Waals surface area contributed by atoms with Gasteiger partial charge in [0, 0.05) is 34.1 Å². The van der Waals surface area contributed by atoms with Crippen LogP contribution in [0.2, 0.25) is 0 Å². The molecule has 0 aliphatic carbocycles. The van der Waals surface area contributed by atoms with Crippen molar-refractivity contribution >= 4 is 57.2 Å². The lowest BCUT2D eigenvalue weighted by Gasteiger charge is -2.27. The lowest BCUT2D eigenvalue weighted by atomic mass is 10.0. The molecule has 0 aromatic heterocycles. The topological polar surface area (TPSA) is 59.1 Å². The van der Waals surface area contributed by atoms with E-state index in [0.717, 1.165) is 34.1 Å². The van der Waals surface area contributed by atoms with Crippen molar-refractivity contribution in [1.29, 1.82) is 0 Å². The Labute approximate surface area is 329 Å². The Morgan fingerprint density at radius 2 is 0.554 bits per heavy atom. The zero-order valence-electron chi connectivity index (χ0n) is 33.1. The molecule has 0 fully saturated rings. The van der Waals surface area contributed by atoms with Crippen molar-refractivity contribution in [2.75, 3.05) is 9.80 Å². The number of hydrogen-bond donors (Lipinski definition) is 0. The number of esters is 2. The fraction of sp³-hybridized carbons (Fsp3) is 0.160. The Kier molecular flexibility index (Phi) is 9.21. The van der Waals surface area contributed by atoms with E-state index in [1.54, 1.807) is 0 Å². The van der Waals surface area contributed by atoms with Gasteiger partial charge in [0.15, 0.2) is 11.5 Å². The summed E-state index contributed by atoms with van der Waals surface area (Å²) in [5.74, 6) is -0.805. The van der Waals surface area contributed by atoms with Crippen LogP contribution in [0.3, 0.4) is 0 Å². The highest BCUT2D eigenvalue weighted by Gasteiger charge is 2.43. The van der Waals surface area contributed by atoms with E-state index in [1.807, 2.05) is 48.5 Å². The Morgan fingerprint density at radius 1 is 0.321 bits per heavy atom. The van der Waals surface area contributed by atoms with E-state index in [-0.39, 0.29) is 22.7 Å². The summed E-state index contributed by atoms with van der Waals surface area (Å²) in [6.07, 6.45) is 0. The summed E-state index contributed by atoms with van der Waals surface area (Å²) in [7, 11) is 0. The third-order valence-corrected chi connectivity index (χ3v) is 10.1. The summed E-state index contributed by atoms with van der Waals surface area (Å²) < 4.78 is 11.7. The third-order valence-electron chi connectivity index (χ3n) is 10.1. The van der Waals surface area contributed by atoms with Gasteiger partial charge in [-0.15, -0.1) is 0 Å². The van der Waals surface area contributed by atoms with Crippen molar-refractivity contribution in [3.05, 3.63) is 188 Å². The van der Waals surface area contributed by atoms with Crippen molar-refractivity contribution in [2.45, 2.75) is 55.4 Å². The molecule has 278 valence electrons. The van der Waals surface area contributed by atoms with E-state index in [9.17, 15) is 9.59 Å². The zero-order chi connectivity index (χ0) is 39.4. The average molecular weight is 737 g/mol. The van der Waals surface area contributed by atoms with Crippen LogP contribution in [-0.4, -0.2) is 11.9 Å². The van der Waals surface area contributed by atoms with Gasteiger partial charge in [0.2, 0.25) is 0 Å². The molecule has 2 heterocycles. The first-order valence-electron chi connectivity index (χ1n) is 18.9. The van der Waals surface area contributed by atoms with E-state index < -0.39 is 11.9 Å². The van der Waals surface area contributed by atoms with Crippen LogP contribution in [0.15, 0.2) is 133 Å². The number of rotatable bonds is 8. The highest BCUT2D eigenvalue weighted by atomic mass is 16.6. The maximum absolute atomic E-state index is 13.5. The van der Waals surface area contributed by atoms with Gasteiger partial charge in [-0.05, 0) is 184 Å². The number of nitrogens with zero attached hydrogens (tertiary/aromatic N) is 2. The number of carbonyl (C=O) groups is 2. The third kappa shape index (κ3) is 6.90. The molecular formula is C50H44N2O4. The van der Waals surface area contributed by atoms with Gasteiger partial charge in [-0.3, -0.25) is 0 Å². The second-order valence-electron chi connectivity index (χ2n) is 15.3. The van der Waals surface area contributed by atoms with Crippen molar-refractivity contribution in [3.63, 3.8) is 0 Å². The van der Waals surface area contributed by atoms with Crippen molar-refractivity contribution in [2.24, 2.45) is 0 Å². The van der Waals surface area contributed by atoms with E-state index in [1.165, 1.54) is 44.5 Å². The van der Waals surface area contributed by atoms with Gasteiger partial charge >= 0.3 is 11.9 Å². The van der Waals surface area contributed by atoms with Gasteiger partial charge in [0.1, 0.15) is 11.1 Å². The predicted molar refractivity (Wildman–Crippen MR) is 226 cm³/mol. The maximum Gasteiger partial charge on any atom is 0.348 e. The number of hydrogen-bond acceptors (Lipinski definition) is 6. The van der Waals surface area contributed by atoms with Crippen molar-refractivity contribution in [1.82, 2.24) is 0 Å². The molecule has 0 unspecified atom stereocenters. The van der Waals surface area contributed by atoms with Gasteiger partial charge in [-0.1, -0.05) is 48.5 Å². The van der Waals surface area contributed by atoms with Gasteiger partial charge in [-0.2, -0.15) is 0 Å². The first-order chi connectivity index (χ1) is 26.8. The molecule has 2 aliphatic rings. The second kappa shape index (κ2) is 14.2.